The van der Waals surface area contributed by atoms with E-state index in [1.807, 2.05) is 35.0 Å². The molecule has 23 heavy (non-hydrogen) atoms. The van der Waals surface area contributed by atoms with E-state index in [0.29, 0.717) is 19.6 Å². The Hall–Kier alpha value is -1.92. The number of ether oxygens (including phenoxy) is 1. The molecular formula is C17H24N4O2. The van der Waals surface area contributed by atoms with Crippen LogP contribution < -0.4 is 10.6 Å². The van der Waals surface area contributed by atoms with Gasteiger partial charge in [0, 0.05) is 31.5 Å². The van der Waals surface area contributed by atoms with Gasteiger partial charge in [-0.25, -0.2) is 4.98 Å². The van der Waals surface area contributed by atoms with Gasteiger partial charge in [0.1, 0.15) is 5.65 Å². The fraction of sp³-hybridized carbons (Fsp3) is 0.529. The summed E-state index contributed by atoms with van der Waals surface area (Å²) in [4.78, 5) is 16.7. The number of piperidine rings is 1. The third-order valence-electron chi connectivity index (χ3n) is 4.53. The number of aromatic nitrogens is 2. The molecule has 124 valence electrons. The summed E-state index contributed by atoms with van der Waals surface area (Å²) in [7, 11) is 1.72. The van der Waals surface area contributed by atoms with E-state index in [0.717, 1.165) is 37.3 Å². The Kier molecular flexibility index (Phi) is 4.93. The molecule has 0 spiro atoms. The third-order valence-corrected chi connectivity index (χ3v) is 4.53. The number of nitrogens with one attached hydrogen (secondary N) is 2. The van der Waals surface area contributed by atoms with Crippen LogP contribution in [-0.2, 0) is 16.0 Å². The number of rotatable bonds is 6. The molecule has 6 heteroatoms. The van der Waals surface area contributed by atoms with Gasteiger partial charge in [-0.2, -0.15) is 0 Å². The Balaban J connectivity index is 1.57. The van der Waals surface area contributed by atoms with Crippen LogP contribution in [0.25, 0.3) is 5.65 Å². The number of carbonyl (C=O) groups is 1. The molecule has 0 atom stereocenters. The Morgan fingerprint density at radius 1 is 1.43 bits per heavy atom. The first-order chi connectivity index (χ1) is 11.2. The van der Waals surface area contributed by atoms with Gasteiger partial charge >= 0.3 is 0 Å². The average Bonchev–Trinajstić information content (AvgIpc) is 2.96. The van der Waals surface area contributed by atoms with E-state index < -0.39 is 0 Å². The summed E-state index contributed by atoms with van der Waals surface area (Å²) in [6.45, 7) is 3.30. The second-order valence-electron chi connectivity index (χ2n) is 6.33. The molecule has 0 saturated carbocycles. The standard InChI is InChI=1S/C17H24N4O2/c1-23-13-17(5-7-18-8-6-17)12-19-16(22)10-14-11-21-9-3-2-4-15(21)20-14/h2-4,9,11,18H,5-8,10,12-13H2,1H3,(H,19,22). The normalized spacial score (nSPS) is 17.3. The maximum Gasteiger partial charge on any atom is 0.226 e. The van der Waals surface area contributed by atoms with Crippen LogP contribution >= 0.6 is 0 Å². The zero-order valence-electron chi connectivity index (χ0n) is 13.5. The average molecular weight is 316 g/mol. The van der Waals surface area contributed by atoms with Crippen LogP contribution in [0.1, 0.15) is 18.5 Å². The lowest BCUT2D eigenvalue weighted by atomic mass is 9.79. The number of imidazole rings is 1. The molecule has 2 N–H and O–H groups in total. The summed E-state index contributed by atoms with van der Waals surface area (Å²) in [5.41, 5.74) is 1.71. The van der Waals surface area contributed by atoms with Crippen molar-refractivity contribution in [3.8, 4) is 0 Å². The summed E-state index contributed by atoms with van der Waals surface area (Å²) >= 11 is 0. The van der Waals surface area contributed by atoms with E-state index in [-0.39, 0.29) is 11.3 Å². The molecule has 0 aliphatic carbocycles. The van der Waals surface area contributed by atoms with Crippen LogP contribution in [0.4, 0.5) is 0 Å². The van der Waals surface area contributed by atoms with Crippen molar-refractivity contribution in [1.82, 2.24) is 20.0 Å². The Bertz CT molecular complexity index is 623. The molecular weight excluding hydrogens is 292 g/mol. The number of nitrogens with zero attached hydrogens (tertiary/aromatic N) is 2. The second kappa shape index (κ2) is 7.10. The van der Waals surface area contributed by atoms with Crippen LogP contribution in [0.3, 0.4) is 0 Å². The van der Waals surface area contributed by atoms with Gasteiger partial charge in [0.15, 0.2) is 0 Å². The SMILES string of the molecule is COCC1(CNC(=O)Cc2cn3ccccc3n2)CCNCC1. The molecule has 3 heterocycles. The number of pyridine rings is 1. The van der Waals surface area contributed by atoms with Crippen molar-refractivity contribution in [3.63, 3.8) is 0 Å². The van der Waals surface area contributed by atoms with Crippen LogP contribution in [0, 0.1) is 5.41 Å². The van der Waals surface area contributed by atoms with E-state index in [2.05, 4.69) is 15.6 Å². The predicted octanol–water partition coefficient (Wildman–Crippen LogP) is 1.01. The summed E-state index contributed by atoms with van der Waals surface area (Å²) < 4.78 is 7.31. The monoisotopic (exact) mass is 316 g/mol. The summed E-state index contributed by atoms with van der Waals surface area (Å²) in [5.74, 6) is 0.0161. The zero-order valence-corrected chi connectivity index (χ0v) is 13.5. The van der Waals surface area contributed by atoms with Crippen molar-refractivity contribution in [2.75, 3.05) is 33.4 Å². The number of carbonyl (C=O) groups excluding carboxylic acids is 1. The van der Waals surface area contributed by atoms with Gasteiger partial charge < -0.3 is 19.8 Å². The predicted molar refractivity (Wildman–Crippen MR) is 88.3 cm³/mol. The van der Waals surface area contributed by atoms with E-state index in [4.69, 9.17) is 4.74 Å². The van der Waals surface area contributed by atoms with E-state index in [1.165, 1.54) is 0 Å². The van der Waals surface area contributed by atoms with Gasteiger partial charge in [0.05, 0.1) is 18.7 Å². The Morgan fingerprint density at radius 2 is 2.26 bits per heavy atom. The van der Waals surface area contributed by atoms with Crippen LogP contribution in [0.2, 0.25) is 0 Å². The number of fused-ring (bicyclic) bond motifs is 1. The summed E-state index contributed by atoms with van der Waals surface area (Å²) in [5, 5.41) is 6.43. The first kappa shape index (κ1) is 16.0. The summed E-state index contributed by atoms with van der Waals surface area (Å²) in [6.07, 6.45) is 6.20. The third kappa shape index (κ3) is 3.89. The van der Waals surface area contributed by atoms with Crippen molar-refractivity contribution in [3.05, 3.63) is 36.3 Å². The molecule has 0 radical (unpaired) electrons. The van der Waals surface area contributed by atoms with Crippen molar-refractivity contribution in [1.29, 1.82) is 0 Å². The Labute approximate surface area is 136 Å². The molecule has 1 aliphatic rings. The number of hydrogen-bond donors (Lipinski definition) is 2. The minimum absolute atomic E-state index is 0.0161. The van der Waals surface area contributed by atoms with Crippen molar-refractivity contribution in [2.24, 2.45) is 5.41 Å². The van der Waals surface area contributed by atoms with Crippen LogP contribution in [0.15, 0.2) is 30.6 Å². The fourth-order valence-electron chi connectivity index (χ4n) is 3.22. The highest BCUT2D eigenvalue weighted by atomic mass is 16.5. The molecule has 1 aliphatic heterocycles. The van der Waals surface area contributed by atoms with Gasteiger partial charge in [-0.05, 0) is 38.1 Å². The second-order valence-corrected chi connectivity index (χ2v) is 6.33. The van der Waals surface area contributed by atoms with Gasteiger partial charge in [0.2, 0.25) is 5.91 Å². The van der Waals surface area contributed by atoms with Crippen molar-refractivity contribution in [2.45, 2.75) is 19.3 Å². The molecule has 0 bridgehead atoms. The highest BCUT2D eigenvalue weighted by molar-refractivity contribution is 5.78. The minimum Gasteiger partial charge on any atom is -0.384 e. The Morgan fingerprint density at radius 3 is 3.00 bits per heavy atom. The minimum atomic E-state index is 0.0161. The zero-order chi connectivity index (χ0) is 16.1. The van der Waals surface area contributed by atoms with Crippen LogP contribution in [-0.4, -0.2) is 48.6 Å². The largest absolute Gasteiger partial charge is 0.384 e. The van der Waals surface area contributed by atoms with E-state index >= 15 is 0 Å². The molecule has 2 aromatic rings. The lowest BCUT2D eigenvalue weighted by molar-refractivity contribution is -0.121. The smallest absolute Gasteiger partial charge is 0.226 e. The number of amides is 1. The highest BCUT2D eigenvalue weighted by Gasteiger charge is 2.32. The molecule has 3 rings (SSSR count). The van der Waals surface area contributed by atoms with Crippen LogP contribution in [0.5, 0.6) is 0 Å². The van der Waals surface area contributed by atoms with E-state index in [1.54, 1.807) is 7.11 Å². The molecule has 0 unspecified atom stereocenters. The molecule has 0 aromatic carbocycles. The molecule has 6 nitrogen and oxygen atoms in total. The lowest BCUT2D eigenvalue weighted by Gasteiger charge is -2.37. The first-order valence-corrected chi connectivity index (χ1v) is 8.10. The van der Waals surface area contributed by atoms with Gasteiger partial charge in [-0.15, -0.1) is 0 Å². The fourth-order valence-corrected chi connectivity index (χ4v) is 3.22. The topological polar surface area (TPSA) is 67.7 Å². The van der Waals surface area contributed by atoms with Gasteiger partial charge in [-0.3, -0.25) is 4.79 Å². The quantitative estimate of drug-likeness (QED) is 0.835. The summed E-state index contributed by atoms with van der Waals surface area (Å²) in [6, 6.07) is 5.83. The van der Waals surface area contributed by atoms with Gasteiger partial charge in [-0.1, -0.05) is 6.07 Å². The first-order valence-electron chi connectivity index (χ1n) is 8.10. The molecule has 1 amide bonds. The number of hydrogen-bond acceptors (Lipinski definition) is 4. The number of methoxy groups -OCH3 is 1. The van der Waals surface area contributed by atoms with Gasteiger partial charge in [0.25, 0.3) is 0 Å². The van der Waals surface area contributed by atoms with E-state index in [9.17, 15) is 4.79 Å². The van der Waals surface area contributed by atoms with Crippen molar-refractivity contribution >= 4 is 11.6 Å². The molecule has 1 saturated heterocycles. The maximum atomic E-state index is 12.3. The molecule has 1 fully saturated rings. The molecule has 2 aromatic heterocycles. The highest BCUT2D eigenvalue weighted by Crippen LogP contribution is 2.28. The maximum absolute atomic E-state index is 12.3. The van der Waals surface area contributed by atoms with Crippen molar-refractivity contribution < 1.29 is 9.53 Å². The lowest BCUT2D eigenvalue weighted by Crippen LogP contribution is -2.47.